The van der Waals surface area contributed by atoms with Crippen molar-refractivity contribution in [3.8, 4) is 6.07 Å². The second-order valence-electron chi connectivity index (χ2n) is 3.68. The summed E-state index contributed by atoms with van der Waals surface area (Å²) in [4.78, 5) is 22.8. The summed E-state index contributed by atoms with van der Waals surface area (Å²) in [7, 11) is 1.23. The Morgan fingerprint density at radius 2 is 2.14 bits per heavy atom. The third kappa shape index (κ3) is 4.99. The van der Waals surface area contributed by atoms with E-state index in [-0.39, 0.29) is 27.9 Å². The molecule has 1 aromatic rings. The molecule has 0 atom stereocenters. The van der Waals surface area contributed by atoms with Crippen molar-refractivity contribution in [3.63, 3.8) is 0 Å². The van der Waals surface area contributed by atoms with Crippen LogP contribution in [0.25, 0.3) is 0 Å². The van der Waals surface area contributed by atoms with Crippen LogP contribution in [-0.2, 0) is 14.3 Å². The molecule has 8 heteroatoms. The zero-order valence-electron chi connectivity index (χ0n) is 10.9. The zero-order valence-corrected chi connectivity index (χ0v) is 12.5. The number of hydrogen-bond donors (Lipinski definition) is 2. The van der Waals surface area contributed by atoms with Crippen molar-refractivity contribution in [2.45, 2.75) is 0 Å². The Morgan fingerprint density at radius 1 is 1.43 bits per heavy atom. The Bertz CT molecular complexity index is 624. The van der Waals surface area contributed by atoms with Crippen LogP contribution in [-0.4, -0.2) is 25.5 Å². The summed E-state index contributed by atoms with van der Waals surface area (Å²) in [6.07, 6.45) is 1.12. The smallest absolute Gasteiger partial charge is 0.325 e. The van der Waals surface area contributed by atoms with E-state index in [0.29, 0.717) is 0 Å². The summed E-state index contributed by atoms with van der Waals surface area (Å²) in [5.41, 5.74) is 0.0539. The predicted octanol–water partition coefficient (Wildman–Crippen LogP) is 2.10. The first kappa shape index (κ1) is 16.8. The van der Waals surface area contributed by atoms with E-state index in [1.807, 2.05) is 0 Å². The molecule has 0 fully saturated rings. The lowest BCUT2D eigenvalue weighted by Gasteiger charge is -2.07. The fraction of sp³-hybridized carbons (Fsp3) is 0.154. The third-order valence-electron chi connectivity index (χ3n) is 2.29. The van der Waals surface area contributed by atoms with Gasteiger partial charge in [0, 0.05) is 6.20 Å². The Morgan fingerprint density at radius 3 is 2.76 bits per heavy atom. The van der Waals surface area contributed by atoms with Crippen molar-refractivity contribution in [2.24, 2.45) is 0 Å². The van der Waals surface area contributed by atoms with Gasteiger partial charge >= 0.3 is 5.97 Å². The Hall–Kier alpha value is -2.23. The average Bonchev–Trinajstić information content (AvgIpc) is 2.48. The van der Waals surface area contributed by atoms with Gasteiger partial charge in [-0.1, -0.05) is 29.3 Å². The van der Waals surface area contributed by atoms with Gasteiger partial charge in [-0.25, -0.2) is 0 Å². The summed E-state index contributed by atoms with van der Waals surface area (Å²) < 4.78 is 4.40. The van der Waals surface area contributed by atoms with E-state index < -0.39 is 11.9 Å². The lowest BCUT2D eigenvalue weighted by molar-refractivity contribution is -0.139. The van der Waals surface area contributed by atoms with Crippen LogP contribution in [0, 0.1) is 11.3 Å². The molecule has 0 bridgehead atoms. The summed E-state index contributed by atoms with van der Waals surface area (Å²) in [5, 5.41) is 14.3. The van der Waals surface area contributed by atoms with Crippen molar-refractivity contribution in [1.29, 1.82) is 5.26 Å². The van der Waals surface area contributed by atoms with Gasteiger partial charge in [0.15, 0.2) is 0 Å². The van der Waals surface area contributed by atoms with E-state index in [1.54, 1.807) is 24.3 Å². The number of nitrogens with zero attached hydrogens (tertiary/aromatic N) is 1. The van der Waals surface area contributed by atoms with Gasteiger partial charge in [0.2, 0.25) is 0 Å². The van der Waals surface area contributed by atoms with Crippen LogP contribution < -0.4 is 10.6 Å². The molecule has 0 heterocycles. The molecule has 21 heavy (non-hydrogen) atoms. The molecule has 6 nitrogen and oxygen atoms in total. The Kier molecular flexibility index (Phi) is 6.53. The zero-order chi connectivity index (χ0) is 15.8. The van der Waals surface area contributed by atoms with Gasteiger partial charge in [0.25, 0.3) is 5.91 Å². The number of nitrogens with one attached hydrogen (secondary N) is 2. The minimum Gasteiger partial charge on any atom is -0.468 e. The van der Waals surface area contributed by atoms with E-state index in [0.717, 1.165) is 6.20 Å². The monoisotopic (exact) mass is 327 g/mol. The molecule has 0 aliphatic carbocycles. The second kappa shape index (κ2) is 8.15. The maximum absolute atomic E-state index is 11.9. The van der Waals surface area contributed by atoms with Crippen LogP contribution in [0.4, 0.5) is 5.69 Å². The first-order valence-electron chi connectivity index (χ1n) is 5.65. The number of carbonyl (C=O) groups excluding carboxylic acids is 2. The summed E-state index contributed by atoms with van der Waals surface area (Å²) in [6.45, 7) is -0.160. The minimum absolute atomic E-state index is 0.160. The highest BCUT2D eigenvalue weighted by Gasteiger charge is 2.12. The number of rotatable bonds is 5. The molecular formula is C13H11Cl2N3O3. The molecule has 0 aliphatic rings. The highest BCUT2D eigenvalue weighted by molar-refractivity contribution is 6.44. The molecule has 0 saturated heterocycles. The third-order valence-corrected chi connectivity index (χ3v) is 3.10. The van der Waals surface area contributed by atoms with Crippen molar-refractivity contribution in [2.75, 3.05) is 19.0 Å². The van der Waals surface area contributed by atoms with Crippen LogP contribution in [0.3, 0.4) is 0 Å². The maximum atomic E-state index is 11.9. The summed E-state index contributed by atoms with van der Waals surface area (Å²) in [5.74, 6) is -1.21. The van der Waals surface area contributed by atoms with Gasteiger partial charge in [-0.2, -0.15) is 5.26 Å². The van der Waals surface area contributed by atoms with Gasteiger partial charge in [0.05, 0.1) is 22.8 Å². The number of esters is 1. The number of nitriles is 1. The topological polar surface area (TPSA) is 91.2 Å². The number of benzene rings is 1. The number of halogens is 2. The van der Waals surface area contributed by atoms with E-state index in [4.69, 9.17) is 28.5 Å². The second-order valence-corrected chi connectivity index (χ2v) is 4.47. The van der Waals surface area contributed by atoms with E-state index in [9.17, 15) is 9.59 Å². The van der Waals surface area contributed by atoms with Gasteiger partial charge in [-0.05, 0) is 12.1 Å². The summed E-state index contributed by atoms with van der Waals surface area (Å²) in [6, 6.07) is 6.43. The number of hydrogen-bond acceptors (Lipinski definition) is 5. The van der Waals surface area contributed by atoms with Crippen LogP contribution in [0.2, 0.25) is 10.0 Å². The number of methoxy groups -OCH3 is 1. The first-order chi connectivity index (χ1) is 9.99. The van der Waals surface area contributed by atoms with Crippen molar-refractivity contribution < 1.29 is 14.3 Å². The minimum atomic E-state index is -0.681. The Labute approximate surface area is 131 Å². The molecule has 1 rings (SSSR count). The van der Waals surface area contributed by atoms with Gasteiger partial charge < -0.3 is 15.4 Å². The van der Waals surface area contributed by atoms with E-state index >= 15 is 0 Å². The highest BCUT2D eigenvalue weighted by Crippen LogP contribution is 2.29. The molecule has 0 aliphatic heterocycles. The molecule has 0 radical (unpaired) electrons. The van der Waals surface area contributed by atoms with Crippen LogP contribution >= 0.6 is 23.2 Å². The first-order valence-corrected chi connectivity index (χ1v) is 6.41. The maximum Gasteiger partial charge on any atom is 0.325 e. The molecule has 1 amide bonds. The molecule has 0 saturated carbocycles. The molecule has 0 unspecified atom stereocenters. The SMILES string of the molecule is COC(=O)CN/C=C(/C#N)C(=O)Nc1cccc(Cl)c1Cl. The van der Waals surface area contributed by atoms with Crippen LogP contribution in [0.5, 0.6) is 0 Å². The summed E-state index contributed by atoms with van der Waals surface area (Å²) >= 11 is 11.7. The number of ether oxygens (including phenoxy) is 1. The normalized spacial score (nSPS) is 10.5. The largest absolute Gasteiger partial charge is 0.468 e. The standard InChI is InChI=1S/C13H11Cl2N3O3/c1-21-11(19)7-17-6-8(5-16)13(20)18-10-4-2-3-9(14)12(10)15/h2-4,6,17H,7H2,1H3,(H,18,20)/b8-6-. The molecule has 0 aromatic heterocycles. The van der Waals surface area contributed by atoms with Crippen LogP contribution in [0.1, 0.15) is 0 Å². The van der Waals surface area contributed by atoms with Crippen molar-refractivity contribution in [1.82, 2.24) is 5.32 Å². The van der Waals surface area contributed by atoms with E-state index in [2.05, 4.69) is 15.4 Å². The number of anilines is 1. The lowest BCUT2D eigenvalue weighted by Crippen LogP contribution is -2.22. The average molecular weight is 328 g/mol. The highest BCUT2D eigenvalue weighted by atomic mass is 35.5. The van der Waals surface area contributed by atoms with Gasteiger partial charge in [-0.15, -0.1) is 0 Å². The van der Waals surface area contributed by atoms with Crippen molar-refractivity contribution in [3.05, 3.63) is 40.0 Å². The molecular weight excluding hydrogens is 317 g/mol. The molecule has 2 N–H and O–H groups in total. The number of carbonyl (C=O) groups is 2. The fourth-order valence-electron chi connectivity index (χ4n) is 1.25. The molecule has 1 aromatic carbocycles. The van der Waals surface area contributed by atoms with Crippen molar-refractivity contribution >= 4 is 40.8 Å². The number of amides is 1. The fourth-order valence-corrected chi connectivity index (χ4v) is 1.59. The van der Waals surface area contributed by atoms with Gasteiger partial charge in [0.1, 0.15) is 18.2 Å². The molecule has 0 spiro atoms. The van der Waals surface area contributed by atoms with Gasteiger partial charge in [-0.3, -0.25) is 9.59 Å². The quantitative estimate of drug-likeness (QED) is 0.491. The van der Waals surface area contributed by atoms with E-state index in [1.165, 1.54) is 7.11 Å². The lowest BCUT2D eigenvalue weighted by atomic mass is 10.2. The predicted molar refractivity (Wildman–Crippen MR) is 78.8 cm³/mol. The molecule has 110 valence electrons. The van der Waals surface area contributed by atoms with Crippen LogP contribution in [0.15, 0.2) is 30.0 Å². The Balaban J connectivity index is 2.76.